The molecule has 0 aromatic heterocycles. The third-order valence-corrected chi connectivity index (χ3v) is 2.89. The van der Waals surface area contributed by atoms with Crippen molar-refractivity contribution in [1.29, 1.82) is 0 Å². The van der Waals surface area contributed by atoms with Gasteiger partial charge in [-0.25, -0.2) is 0 Å². The van der Waals surface area contributed by atoms with Gasteiger partial charge in [0.15, 0.2) is 0 Å². The Kier molecular flexibility index (Phi) is 2.98. The minimum atomic E-state index is -0.0365. The van der Waals surface area contributed by atoms with Gasteiger partial charge in [-0.15, -0.1) is 0 Å². The van der Waals surface area contributed by atoms with Crippen LogP contribution in [0.25, 0.3) is 0 Å². The highest BCUT2D eigenvalue weighted by Crippen LogP contribution is 2.28. The number of benzene rings is 1. The molecule has 3 nitrogen and oxygen atoms in total. The first-order chi connectivity index (χ1) is 7.26. The number of fused-ring (bicyclic) bond motifs is 1. The summed E-state index contributed by atoms with van der Waals surface area (Å²) in [6, 6.07) is 6.13. The maximum atomic E-state index is 8.79. The third-order valence-electron chi connectivity index (χ3n) is 2.89. The van der Waals surface area contributed by atoms with Crippen LogP contribution in [0.5, 0.6) is 0 Å². The SMILES string of the molecule is CCC1OB(C)c2cc(NCO)ccc21. The van der Waals surface area contributed by atoms with Gasteiger partial charge in [-0.05, 0) is 29.6 Å². The maximum absolute atomic E-state index is 8.79. The molecule has 1 unspecified atom stereocenters. The molecule has 2 N–H and O–H groups in total. The highest BCUT2D eigenvalue weighted by molar-refractivity contribution is 6.67. The lowest BCUT2D eigenvalue weighted by Crippen LogP contribution is -2.24. The molecule has 1 aliphatic rings. The van der Waals surface area contributed by atoms with Crippen molar-refractivity contribution in [3.63, 3.8) is 0 Å². The van der Waals surface area contributed by atoms with Gasteiger partial charge in [0.25, 0.3) is 0 Å². The van der Waals surface area contributed by atoms with Gasteiger partial charge in [-0.1, -0.05) is 19.8 Å². The molecule has 0 aliphatic carbocycles. The Labute approximate surface area is 90.6 Å². The van der Waals surface area contributed by atoms with Crippen LogP contribution in [-0.2, 0) is 4.65 Å². The normalized spacial score (nSPS) is 19.1. The van der Waals surface area contributed by atoms with Crippen LogP contribution in [0.3, 0.4) is 0 Å². The molecule has 0 radical (unpaired) electrons. The summed E-state index contributed by atoms with van der Waals surface area (Å²) < 4.78 is 5.82. The van der Waals surface area contributed by atoms with Crippen LogP contribution in [0.4, 0.5) is 5.69 Å². The van der Waals surface area contributed by atoms with E-state index in [9.17, 15) is 0 Å². The monoisotopic (exact) mass is 205 g/mol. The minimum absolute atomic E-state index is 0.0365. The lowest BCUT2D eigenvalue weighted by Gasteiger charge is -2.09. The topological polar surface area (TPSA) is 41.5 Å². The molecule has 1 atom stereocenters. The van der Waals surface area contributed by atoms with Crippen molar-refractivity contribution in [3.8, 4) is 0 Å². The molecule has 0 amide bonds. The summed E-state index contributed by atoms with van der Waals surface area (Å²) >= 11 is 0. The zero-order chi connectivity index (χ0) is 10.8. The Bertz CT molecular complexity index is 356. The standard InChI is InChI=1S/C11H16BNO2/c1-3-11-9-5-4-8(13-7-14)6-10(9)12(2)15-11/h4-6,11,13-14H,3,7H2,1-2H3. The molecule has 80 valence electrons. The summed E-state index contributed by atoms with van der Waals surface area (Å²) in [5.41, 5.74) is 3.47. The smallest absolute Gasteiger partial charge is 0.324 e. The summed E-state index contributed by atoms with van der Waals surface area (Å²) in [6.45, 7) is 4.32. The molecule has 1 aromatic rings. The van der Waals surface area contributed by atoms with Crippen molar-refractivity contribution >= 4 is 18.1 Å². The predicted molar refractivity (Wildman–Crippen MR) is 62.5 cm³/mol. The van der Waals surface area contributed by atoms with Crippen molar-refractivity contribution < 1.29 is 9.76 Å². The van der Waals surface area contributed by atoms with E-state index in [0.29, 0.717) is 0 Å². The first-order valence-corrected chi connectivity index (χ1v) is 5.40. The summed E-state index contributed by atoms with van der Waals surface area (Å²) in [6.07, 6.45) is 1.24. The largest absolute Gasteiger partial charge is 0.424 e. The van der Waals surface area contributed by atoms with Crippen molar-refractivity contribution in [2.24, 2.45) is 0 Å². The molecule has 0 fully saturated rings. The number of aliphatic hydroxyl groups excluding tert-OH is 1. The fourth-order valence-corrected chi connectivity index (χ4v) is 2.13. The molecule has 2 rings (SSSR count). The van der Waals surface area contributed by atoms with Gasteiger partial charge in [0.1, 0.15) is 6.73 Å². The molecular weight excluding hydrogens is 189 g/mol. The molecule has 1 heterocycles. The van der Waals surface area contributed by atoms with E-state index in [1.807, 2.05) is 6.07 Å². The molecule has 1 aromatic carbocycles. The highest BCUT2D eigenvalue weighted by Gasteiger charge is 2.30. The van der Waals surface area contributed by atoms with Gasteiger partial charge < -0.3 is 15.1 Å². The number of hydrogen-bond acceptors (Lipinski definition) is 3. The predicted octanol–water partition coefficient (Wildman–Crippen LogP) is 1.36. The van der Waals surface area contributed by atoms with E-state index in [1.54, 1.807) is 0 Å². The van der Waals surface area contributed by atoms with Crippen LogP contribution in [0.1, 0.15) is 25.0 Å². The highest BCUT2D eigenvalue weighted by atomic mass is 16.5. The summed E-state index contributed by atoms with van der Waals surface area (Å²) in [4.78, 5) is 0. The molecule has 0 bridgehead atoms. The van der Waals surface area contributed by atoms with Gasteiger partial charge in [0.05, 0.1) is 6.10 Å². The van der Waals surface area contributed by atoms with E-state index in [4.69, 9.17) is 9.76 Å². The number of hydrogen-bond donors (Lipinski definition) is 2. The van der Waals surface area contributed by atoms with Crippen LogP contribution in [-0.4, -0.2) is 18.8 Å². The average Bonchev–Trinajstić information content (AvgIpc) is 2.56. The van der Waals surface area contributed by atoms with E-state index in [-0.39, 0.29) is 19.8 Å². The van der Waals surface area contributed by atoms with Gasteiger partial charge >= 0.3 is 6.92 Å². The van der Waals surface area contributed by atoms with Crippen LogP contribution in [0.2, 0.25) is 6.82 Å². The van der Waals surface area contributed by atoms with Crippen LogP contribution in [0, 0.1) is 0 Å². The summed E-state index contributed by atoms with van der Waals surface area (Å²) in [5.74, 6) is 0. The molecule has 0 saturated heterocycles. The van der Waals surface area contributed by atoms with Crippen molar-refractivity contribution in [2.75, 3.05) is 12.0 Å². The van der Waals surface area contributed by atoms with Crippen molar-refractivity contribution in [2.45, 2.75) is 26.3 Å². The molecule has 15 heavy (non-hydrogen) atoms. The Morgan fingerprint density at radius 2 is 2.33 bits per heavy atom. The second-order valence-corrected chi connectivity index (χ2v) is 3.85. The Balaban J connectivity index is 2.32. The van der Waals surface area contributed by atoms with Crippen LogP contribution < -0.4 is 10.8 Å². The lowest BCUT2D eigenvalue weighted by molar-refractivity contribution is 0.221. The van der Waals surface area contributed by atoms with Gasteiger partial charge in [-0.3, -0.25) is 0 Å². The Hall–Kier alpha value is -0.995. The Morgan fingerprint density at radius 1 is 1.53 bits per heavy atom. The third kappa shape index (κ3) is 1.87. The fourth-order valence-electron chi connectivity index (χ4n) is 2.13. The summed E-state index contributed by atoms with van der Waals surface area (Å²) in [5, 5.41) is 11.7. The fraction of sp³-hybridized carbons (Fsp3) is 0.455. The molecule has 0 saturated carbocycles. The van der Waals surface area contributed by atoms with E-state index in [0.717, 1.165) is 12.1 Å². The maximum Gasteiger partial charge on any atom is 0.324 e. The molecule has 0 spiro atoms. The lowest BCUT2D eigenvalue weighted by atomic mass is 9.64. The quantitative estimate of drug-likeness (QED) is 0.578. The first-order valence-electron chi connectivity index (χ1n) is 5.40. The number of rotatable bonds is 3. The number of aliphatic hydroxyl groups is 1. The van der Waals surface area contributed by atoms with Gasteiger partial charge in [0.2, 0.25) is 0 Å². The minimum Gasteiger partial charge on any atom is -0.424 e. The molecule has 4 heteroatoms. The number of anilines is 1. The Morgan fingerprint density at radius 3 is 3.00 bits per heavy atom. The van der Waals surface area contributed by atoms with Crippen LogP contribution in [0.15, 0.2) is 18.2 Å². The van der Waals surface area contributed by atoms with E-state index in [2.05, 4.69) is 31.2 Å². The van der Waals surface area contributed by atoms with Gasteiger partial charge in [-0.2, -0.15) is 0 Å². The second kappa shape index (κ2) is 4.25. The van der Waals surface area contributed by atoms with Crippen molar-refractivity contribution in [3.05, 3.63) is 23.8 Å². The second-order valence-electron chi connectivity index (χ2n) is 3.85. The molecule has 1 aliphatic heterocycles. The first kappa shape index (κ1) is 10.5. The van der Waals surface area contributed by atoms with E-state index >= 15 is 0 Å². The van der Waals surface area contributed by atoms with E-state index in [1.165, 1.54) is 11.0 Å². The number of nitrogens with one attached hydrogen (secondary N) is 1. The summed E-state index contributed by atoms with van der Waals surface area (Å²) in [7, 11) is 0. The average molecular weight is 205 g/mol. The zero-order valence-electron chi connectivity index (χ0n) is 9.16. The zero-order valence-corrected chi connectivity index (χ0v) is 9.16. The van der Waals surface area contributed by atoms with Gasteiger partial charge in [0, 0.05) is 5.69 Å². The molecular formula is C11H16BNO2. The van der Waals surface area contributed by atoms with E-state index < -0.39 is 0 Å². The van der Waals surface area contributed by atoms with Crippen molar-refractivity contribution in [1.82, 2.24) is 0 Å². The van der Waals surface area contributed by atoms with Crippen LogP contribution >= 0.6 is 0 Å².